The van der Waals surface area contributed by atoms with Gasteiger partial charge in [0.25, 0.3) is 0 Å². The maximum atomic E-state index is 14.2. The van der Waals surface area contributed by atoms with Crippen LogP contribution in [-0.4, -0.2) is 48.0 Å². The first kappa shape index (κ1) is 30.6. The normalized spacial score (nSPS) is 19.6. The predicted molar refractivity (Wildman–Crippen MR) is 165 cm³/mol. The van der Waals surface area contributed by atoms with E-state index in [1.54, 1.807) is 17.8 Å². The molecule has 0 radical (unpaired) electrons. The van der Waals surface area contributed by atoms with Crippen molar-refractivity contribution in [1.29, 1.82) is 10.5 Å². The minimum absolute atomic E-state index is 0.0357. The number of amides is 1. The second-order valence-electron chi connectivity index (χ2n) is 13.4. The summed E-state index contributed by atoms with van der Waals surface area (Å²) in [5.41, 5.74) is 1.35. The van der Waals surface area contributed by atoms with Gasteiger partial charge in [-0.15, -0.1) is 5.10 Å². The molecule has 0 aliphatic heterocycles. The average Bonchev–Trinajstić information content (AvgIpc) is 3.42. The van der Waals surface area contributed by atoms with Crippen LogP contribution in [0.15, 0.2) is 36.7 Å². The average molecular weight is 622 g/mol. The summed E-state index contributed by atoms with van der Waals surface area (Å²) in [7, 11) is 0. The van der Waals surface area contributed by atoms with Crippen LogP contribution in [0.5, 0.6) is 0 Å². The number of pyridine rings is 2. The zero-order chi connectivity index (χ0) is 33.1. The van der Waals surface area contributed by atoms with Crippen LogP contribution in [0, 0.1) is 46.9 Å². The minimum Gasteiger partial charge on any atom is -0.474 e. The number of aryl methyl sites for hydroxylation is 1. The fraction of sp³-hybridized carbons (Fsp3) is 0.394. The number of rotatable bonds is 7. The van der Waals surface area contributed by atoms with Crippen molar-refractivity contribution in [2.45, 2.75) is 71.5 Å². The van der Waals surface area contributed by atoms with E-state index in [4.69, 9.17) is 0 Å². The number of hydrogen-bond donors (Lipinski definition) is 2. The highest BCUT2D eigenvalue weighted by molar-refractivity contribution is 6.37. The molecular formula is C33H32FN9O3. The van der Waals surface area contributed by atoms with E-state index in [2.05, 4.69) is 37.7 Å². The van der Waals surface area contributed by atoms with E-state index in [9.17, 15) is 29.6 Å². The molecule has 1 aromatic carbocycles. The van der Waals surface area contributed by atoms with Crippen LogP contribution in [0.4, 0.5) is 15.8 Å². The summed E-state index contributed by atoms with van der Waals surface area (Å²) in [5, 5.41) is 42.8. The van der Waals surface area contributed by atoms with E-state index in [1.165, 1.54) is 24.4 Å². The van der Waals surface area contributed by atoms with Crippen molar-refractivity contribution in [2.75, 3.05) is 10.2 Å². The highest BCUT2D eigenvalue weighted by Crippen LogP contribution is 2.62. The third kappa shape index (κ3) is 4.98. The van der Waals surface area contributed by atoms with E-state index in [0.717, 1.165) is 30.2 Å². The van der Waals surface area contributed by atoms with Crippen molar-refractivity contribution in [3.8, 4) is 12.1 Å². The molecule has 2 N–H and O–H groups in total. The van der Waals surface area contributed by atoms with Gasteiger partial charge in [0.2, 0.25) is 5.95 Å². The lowest BCUT2D eigenvalue weighted by Crippen LogP contribution is -2.59. The van der Waals surface area contributed by atoms with Crippen molar-refractivity contribution in [1.82, 2.24) is 25.0 Å². The molecule has 46 heavy (non-hydrogen) atoms. The number of benzene rings is 1. The summed E-state index contributed by atoms with van der Waals surface area (Å²) in [6.45, 7) is 9.61. The Morgan fingerprint density at radius 2 is 1.87 bits per heavy atom. The standard InChI is InChI=1S/C33H32FN9O3/c1-17-23(6-7-26(34)38-17)29(25-16-42(41-40-25)33-10-19(11-33)12-33)43(30(44)31(45)46)22-8-20(13-35)27-24(9-22)28(21(14-36)15-37-27)39-18(2)32(3,4)5/h6-9,15-16,18-19,29H,10-12H2,1-5H3,(H,37,39)(H,45,46)/t18-,19?,29?,33?/m1/s1. The molecule has 2 bridgehead atoms. The number of aliphatic carboxylic acids is 1. The maximum absolute atomic E-state index is 14.2. The number of carboxylic acids is 1. The number of nitrogens with zero attached hydrogens (tertiary/aromatic N) is 8. The van der Waals surface area contributed by atoms with Crippen LogP contribution in [-0.2, 0) is 15.1 Å². The lowest BCUT2D eigenvalue weighted by molar-refractivity contribution is -0.149. The molecule has 0 spiro atoms. The highest BCUT2D eigenvalue weighted by atomic mass is 19.1. The molecule has 0 saturated heterocycles. The smallest absolute Gasteiger partial charge is 0.395 e. The second kappa shape index (κ2) is 10.9. The molecule has 7 rings (SSSR count). The van der Waals surface area contributed by atoms with Crippen LogP contribution in [0.25, 0.3) is 10.9 Å². The van der Waals surface area contributed by atoms with Gasteiger partial charge in [-0.3, -0.25) is 14.7 Å². The van der Waals surface area contributed by atoms with Gasteiger partial charge in [-0.2, -0.15) is 14.9 Å². The third-order valence-corrected chi connectivity index (χ3v) is 9.47. The molecule has 4 aromatic rings. The first-order valence-electron chi connectivity index (χ1n) is 14.9. The number of carbonyl (C=O) groups excluding carboxylic acids is 1. The van der Waals surface area contributed by atoms with E-state index in [1.807, 2.05) is 27.7 Å². The maximum Gasteiger partial charge on any atom is 0.395 e. The topological polar surface area (TPSA) is 174 Å². The number of nitriles is 2. The SMILES string of the molecule is Cc1nc(F)ccc1C(c1cn(C23CC(C2)C3)nn1)N(C(=O)C(=O)O)c1cc(C#N)c2ncc(C#N)c(N[C@H](C)C(C)(C)C)c2c1. The summed E-state index contributed by atoms with van der Waals surface area (Å²) >= 11 is 0. The summed E-state index contributed by atoms with van der Waals surface area (Å²) in [4.78, 5) is 35.5. The van der Waals surface area contributed by atoms with Crippen LogP contribution >= 0.6 is 0 Å². The van der Waals surface area contributed by atoms with E-state index >= 15 is 0 Å². The first-order chi connectivity index (χ1) is 21.8. The Morgan fingerprint density at radius 3 is 2.43 bits per heavy atom. The second-order valence-corrected chi connectivity index (χ2v) is 13.4. The monoisotopic (exact) mass is 621 g/mol. The Labute approximate surface area is 264 Å². The number of nitrogens with one attached hydrogen (secondary N) is 1. The number of carbonyl (C=O) groups is 2. The van der Waals surface area contributed by atoms with Gasteiger partial charge in [-0.05, 0) is 62.6 Å². The largest absolute Gasteiger partial charge is 0.474 e. The lowest BCUT2D eigenvalue weighted by Gasteiger charge is -2.61. The molecular weight excluding hydrogens is 589 g/mol. The van der Waals surface area contributed by atoms with Crippen molar-refractivity contribution >= 4 is 34.2 Å². The van der Waals surface area contributed by atoms with Crippen LogP contribution in [0.1, 0.15) is 81.1 Å². The predicted octanol–water partition coefficient (Wildman–Crippen LogP) is 4.97. The minimum atomic E-state index is -1.76. The molecule has 3 heterocycles. The molecule has 3 aliphatic carbocycles. The van der Waals surface area contributed by atoms with Gasteiger partial charge in [-0.1, -0.05) is 32.1 Å². The molecule has 1 amide bonds. The summed E-state index contributed by atoms with van der Waals surface area (Å²) in [6.07, 6.45) is 5.96. The molecule has 2 atom stereocenters. The molecule has 3 fully saturated rings. The Morgan fingerprint density at radius 1 is 1.17 bits per heavy atom. The van der Waals surface area contributed by atoms with Gasteiger partial charge in [0.15, 0.2) is 0 Å². The molecule has 3 saturated carbocycles. The number of aromatic nitrogens is 5. The molecule has 3 aromatic heterocycles. The van der Waals surface area contributed by atoms with Crippen molar-refractivity contribution in [3.63, 3.8) is 0 Å². The Bertz CT molecular complexity index is 1990. The van der Waals surface area contributed by atoms with Gasteiger partial charge in [0, 0.05) is 34.6 Å². The molecule has 1 unspecified atom stereocenters. The van der Waals surface area contributed by atoms with Crippen LogP contribution in [0.2, 0.25) is 0 Å². The van der Waals surface area contributed by atoms with E-state index in [0.29, 0.717) is 22.6 Å². The lowest BCUT2D eigenvalue weighted by atomic mass is 9.50. The fourth-order valence-corrected chi connectivity index (χ4v) is 6.28. The Hall–Kier alpha value is -5.43. The Balaban J connectivity index is 1.61. The fourth-order valence-electron chi connectivity index (χ4n) is 6.28. The number of fused-ring (bicyclic) bond motifs is 1. The number of carboxylic acid groups (broad SMARTS) is 1. The third-order valence-electron chi connectivity index (χ3n) is 9.47. The summed E-state index contributed by atoms with van der Waals surface area (Å²) in [5.74, 6) is -3.18. The van der Waals surface area contributed by atoms with Gasteiger partial charge in [-0.25, -0.2) is 14.5 Å². The van der Waals surface area contributed by atoms with Gasteiger partial charge in [0.05, 0.1) is 34.1 Å². The molecule has 3 aliphatic rings. The highest BCUT2D eigenvalue weighted by Gasteiger charge is 2.59. The van der Waals surface area contributed by atoms with Crippen molar-refractivity contribution in [3.05, 3.63) is 70.7 Å². The number of halogens is 1. The van der Waals surface area contributed by atoms with Crippen molar-refractivity contribution in [2.24, 2.45) is 11.3 Å². The van der Waals surface area contributed by atoms with E-state index in [-0.39, 0.29) is 50.7 Å². The van der Waals surface area contributed by atoms with Gasteiger partial charge < -0.3 is 10.4 Å². The Kier molecular flexibility index (Phi) is 7.23. The van der Waals surface area contributed by atoms with Crippen LogP contribution < -0.4 is 10.2 Å². The molecule has 12 nitrogen and oxygen atoms in total. The van der Waals surface area contributed by atoms with Crippen molar-refractivity contribution < 1.29 is 19.1 Å². The zero-order valence-corrected chi connectivity index (χ0v) is 26.0. The zero-order valence-electron chi connectivity index (χ0n) is 26.0. The molecule has 13 heteroatoms. The number of hydrogen-bond acceptors (Lipinski definition) is 9. The van der Waals surface area contributed by atoms with Crippen LogP contribution in [0.3, 0.4) is 0 Å². The van der Waals surface area contributed by atoms with E-state index < -0.39 is 23.9 Å². The summed E-state index contributed by atoms with van der Waals surface area (Å²) < 4.78 is 16.0. The summed E-state index contributed by atoms with van der Waals surface area (Å²) in [6, 6.07) is 8.37. The van der Waals surface area contributed by atoms with Gasteiger partial charge >= 0.3 is 11.9 Å². The van der Waals surface area contributed by atoms with Gasteiger partial charge in [0.1, 0.15) is 23.9 Å². The molecule has 234 valence electrons. The number of anilines is 2. The quantitative estimate of drug-likeness (QED) is 0.212. The first-order valence-corrected chi connectivity index (χ1v) is 14.9.